The van der Waals surface area contributed by atoms with E-state index in [9.17, 15) is 0 Å². The summed E-state index contributed by atoms with van der Waals surface area (Å²) in [6.07, 6.45) is 8.17. The Balaban J connectivity index is 1.85. The zero-order valence-electron chi connectivity index (χ0n) is 9.01. The lowest BCUT2D eigenvalue weighted by Crippen LogP contribution is -2.11. The van der Waals surface area contributed by atoms with Gasteiger partial charge in [-0.1, -0.05) is 36.6 Å². The van der Waals surface area contributed by atoms with Crippen LogP contribution in [0.5, 0.6) is 0 Å². The van der Waals surface area contributed by atoms with Gasteiger partial charge in [-0.15, -0.1) is 0 Å². The Morgan fingerprint density at radius 1 is 0.933 bits per heavy atom. The molecule has 0 aromatic heterocycles. The molecule has 0 nitrogen and oxygen atoms in total. The molecule has 0 heterocycles. The number of halogens is 1. The van der Waals surface area contributed by atoms with Crippen molar-refractivity contribution in [3.63, 3.8) is 0 Å². The van der Waals surface area contributed by atoms with Crippen molar-refractivity contribution in [2.45, 2.75) is 50.4 Å². The molecule has 3 rings (SSSR count). The smallest absolute Gasteiger partial charge is 0.0443 e. The van der Waals surface area contributed by atoms with E-state index in [0.717, 1.165) is 16.9 Å². The molecule has 0 saturated heterocycles. The summed E-state index contributed by atoms with van der Waals surface area (Å²) in [6, 6.07) is 6.81. The Kier molecular flexibility index (Phi) is 2.48. The molecule has 15 heavy (non-hydrogen) atoms. The van der Waals surface area contributed by atoms with Gasteiger partial charge in [0.25, 0.3) is 0 Å². The van der Waals surface area contributed by atoms with Crippen LogP contribution >= 0.6 is 11.6 Å². The second-order valence-electron chi connectivity index (χ2n) is 5.04. The van der Waals surface area contributed by atoms with Gasteiger partial charge in [-0.2, -0.15) is 0 Å². The van der Waals surface area contributed by atoms with Gasteiger partial charge in [0.1, 0.15) is 0 Å². The second kappa shape index (κ2) is 3.83. The van der Waals surface area contributed by atoms with Crippen molar-refractivity contribution >= 4 is 11.6 Å². The van der Waals surface area contributed by atoms with Gasteiger partial charge in [-0.05, 0) is 54.7 Å². The SMILES string of the molecule is Clc1cc(C2CCC2)ccc1C1CCC1. The molecule has 0 radical (unpaired) electrons. The van der Waals surface area contributed by atoms with Crippen LogP contribution in [0.4, 0.5) is 0 Å². The highest BCUT2D eigenvalue weighted by atomic mass is 35.5. The summed E-state index contributed by atoms with van der Waals surface area (Å²) in [4.78, 5) is 0. The van der Waals surface area contributed by atoms with Crippen LogP contribution in [0, 0.1) is 0 Å². The second-order valence-corrected chi connectivity index (χ2v) is 5.44. The Morgan fingerprint density at radius 3 is 2.07 bits per heavy atom. The lowest BCUT2D eigenvalue weighted by molar-refractivity contribution is 0.414. The molecule has 1 heteroatoms. The first-order valence-corrected chi connectivity index (χ1v) is 6.52. The van der Waals surface area contributed by atoms with E-state index in [1.807, 2.05) is 0 Å². The molecule has 0 spiro atoms. The molecule has 2 aliphatic carbocycles. The third-order valence-electron chi connectivity index (χ3n) is 4.15. The molecule has 0 bridgehead atoms. The van der Waals surface area contributed by atoms with Crippen LogP contribution in [-0.2, 0) is 0 Å². The molecule has 2 saturated carbocycles. The van der Waals surface area contributed by atoms with Crippen LogP contribution in [0.2, 0.25) is 5.02 Å². The van der Waals surface area contributed by atoms with E-state index in [2.05, 4.69) is 18.2 Å². The maximum atomic E-state index is 6.36. The van der Waals surface area contributed by atoms with Gasteiger partial charge < -0.3 is 0 Å². The monoisotopic (exact) mass is 220 g/mol. The molecule has 0 atom stereocenters. The Hall–Kier alpha value is -0.490. The Morgan fingerprint density at radius 2 is 1.60 bits per heavy atom. The summed E-state index contributed by atoms with van der Waals surface area (Å²) < 4.78 is 0. The standard InChI is InChI=1S/C14H17Cl/c15-14-9-12(10-3-1-4-10)7-8-13(14)11-5-2-6-11/h7-11H,1-6H2. The number of benzene rings is 1. The molecule has 2 fully saturated rings. The van der Waals surface area contributed by atoms with Crippen LogP contribution in [0.1, 0.15) is 61.5 Å². The van der Waals surface area contributed by atoms with Crippen molar-refractivity contribution in [3.05, 3.63) is 34.3 Å². The fraction of sp³-hybridized carbons (Fsp3) is 0.571. The van der Waals surface area contributed by atoms with Gasteiger partial charge in [0, 0.05) is 5.02 Å². The van der Waals surface area contributed by atoms with Crippen LogP contribution in [-0.4, -0.2) is 0 Å². The largest absolute Gasteiger partial charge is 0.0840 e. The highest BCUT2D eigenvalue weighted by Gasteiger charge is 2.24. The molecule has 0 N–H and O–H groups in total. The first kappa shape index (κ1) is 9.72. The fourth-order valence-corrected chi connectivity index (χ4v) is 2.93. The minimum Gasteiger partial charge on any atom is -0.0840 e. The predicted molar refractivity (Wildman–Crippen MR) is 64.6 cm³/mol. The average molecular weight is 221 g/mol. The quantitative estimate of drug-likeness (QED) is 0.667. The van der Waals surface area contributed by atoms with Crippen molar-refractivity contribution in [3.8, 4) is 0 Å². The summed E-state index contributed by atoms with van der Waals surface area (Å²) in [7, 11) is 0. The van der Waals surface area contributed by atoms with Gasteiger partial charge in [-0.3, -0.25) is 0 Å². The topological polar surface area (TPSA) is 0 Å². The maximum Gasteiger partial charge on any atom is 0.0443 e. The molecule has 1 aromatic carbocycles. The van der Waals surface area contributed by atoms with E-state index in [1.165, 1.54) is 49.7 Å². The highest BCUT2D eigenvalue weighted by Crippen LogP contribution is 2.42. The Bertz CT molecular complexity index is 362. The van der Waals surface area contributed by atoms with E-state index >= 15 is 0 Å². The van der Waals surface area contributed by atoms with Gasteiger partial charge in [0.2, 0.25) is 0 Å². The van der Waals surface area contributed by atoms with E-state index in [0.29, 0.717) is 0 Å². The predicted octanol–water partition coefficient (Wildman–Crippen LogP) is 4.88. The summed E-state index contributed by atoms with van der Waals surface area (Å²) in [5.41, 5.74) is 2.86. The Labute approximate surface area is 96.6 Å². The van der Waals surface area contributed by atoms with Gasteiger partial charge in [0.05, 0.1) is 0 Å². The third kappa shape index (κ3) is 1.69. The van der Waals surface area contributed by atoms with E-state index in [4.69, 9.17) is 11.6 Å². The summed E-state index contributed by atoms with van der Waals surface area (Å²) in [5.74, 6) is 1.56. The molecule has 2 aliphatic rings. The van der Waals surface area contributed by atoms with Crippen LogP contribution in [0.15, 0.2) is 18.2 Å². The molecular weight excluding hydrogens is 204 g/mol. The van der Waals surface area contributed by atoms with Crippen molar-refractivity contribution in [1.29, 1.82) is 0 Å². The molecule has 0 amide bonds. The van der Waals surface area contributed by atoms with E-state index in [-0.39, 0.29) is 0 Å². The average Bonchev–Trinajstić information content (AvgIpc) is 2.03. The van der Waals surface area contributed by atoms with Crippen LogP contribution < -0.4 is 0 Å². The highest BCUT2D eigenvalue weighted by molar-refractivity contribution is 6.31. The maximum absolute atomic E-state index is 6.36. The lowest BCUT2D eigenvalue weighted by atomic mass is 9.77. The summed E-state index contributed by atoms with van der Waals surface area (Å²) in [5, 5.41) is 1.02. The molecule has 1 aromatic rings. The van der Waals surface area contributed by atoms with Crippen molar-refractivity contribution in [1.82, 2.24) is 0 Å². The molecule has 0 aliphatic heterocycles. The number of rotatable bonds is 2. The first-order valence-electron chi connectivity index (χ1n) is 6.14. The zero-order chi connectivity index (χ0) is 10.3. The summed E-state index contributed by atoms with van der Waals surface area (Å²) >= 11 is 6.36. The normalized spacial score (nSPS) is 22.2. The molecular formula is C14H17Cl. The minimum atomic E-state index is 0.757. The molecule has 0 unspecified atom stereocenters. The van der Waals surface area contributed by atoms with Gasteiger partial charge >= 0.3 is 0 Å². The van der Waals surface area contributed by atoms with E-state index < -0.39 is 0 Å². The summed E-state index contributed by atoms with van der Waals surface area (Å²) in [6.45, 7) is 0. The fourth-order valence-electron chi connectivity index (χ4n) is 2.59. The third-order valence-corrected chi connectivity index (χ3v) is 4.47. The minimum absolute atomic E-state index is 0.757. The van der Waals surface area contributed by atoms with Crippen LogP contribution in [0.25, 0.3) is 0 Å². The number of hydrogen-bond donors (Lipinski definition) is 0. The molecule has 80 valence electrons. The van der Waals surface area contributed by atoms with E-state index in [1.54, 1.807) is 0 Å². The van der Waals surface area contributed by atoms with Crippen LogP contribution in [0.3, 0.4) is 0 Å². The van der Waals surface area contributed by atoms with Crippen molar-refractivity contribution < 1.29 is 0 Å². The van der Waals surface area contributed by atoms with Crippen molar-refractivity contribution in [2.75, 3.05) is 0 Å². The van der Waals surface area contributed by atoms with Crippen molar-refractivity contribution in [2.24, 2.45) is 0 Å². The van der Waals surface area contributed by atoms with Gasteiger partial charge in [0.15, 0.2) is 0 Å². The lowest BCUT2D eigenvalue weighted by Gasteiger charge is -2.29. The first-order chi connectivity index (χ1) is 7.34. The zero-order valence-corrected chi connectivity index (χ0v) is 9.76. The number of hydrogen-bond acceptors (Lipinski definition) is 0. The van der Waals surface area contributed by atoms with Gasteiger partial charge in [-0.25, -0.2) is 0 Å².